The molecule has 0 amide bonds. The Balaban J connectivity index is 2.36. The summed E-state index contributed by atoms with van der Waals surface area (Å²) in [5, 5.41) is 0. The van der Waals surface area contributed by atoms with Crippen LogP contribution in [-0.2, 0) is 0 Å². The fourth-order valence-electron chi connectivity index (χ4n) is 3.05. The van der Waals surface area contributed by atoms with E-state index in [-0.39, 0.29) is 0 Å². The van der Waals surface area contributed by atoms with Crippen molar-refractivity contribution in [2.45, 2.75) is 33.2 Å². The smallest absolute Gasteiger partial charge is 0.127 e. The molecule has 0 aromatic heterocycles. The molecule has 0 bridgehead atoms. The van der Waals surface area contributed by atoms with Gasteiger partial charge in [0, 0.05) is 18.2 Å². The minimum atomic E-state index is 0.439. The molecule has 1 fully saturated rings. The molecule has 3 nitrogen and oxygen atoms in total. The van der Waals surface area contributed by atoms with Crippen molar-refractivity contribution >= 4 is 0 Å². The Bertz CT molecular complexity index is 445. The van der Waals surface area contributed by atoms with Crippen LogP contribution in [0.2, 0.25) is 0 Å². The molecular weight excluding hydrogens is 236 g/mol. The number of benzene rings is 1. The fourth-order valence-corrected chi connectivity index (χ4v) is 3.05. The summed E-state index contributed by atoms with van der Waals surface area (Å²) < 4.78 is 5.92. The molecule has 0 spiro atoms. The summed E-state index contributed by atoms with van der Waals surface area (Å²) in [7, 11) is 2.19. The number of nitrogens with two attached hydrogens (primary N) is 1. The van der Waals surface area contributed by atoms with Gasteiger partial charge < -0.3 is 10.5 Å². The molecular formula is C16H26N2O. The summed E-state index contributed by atoms with van der Waals surface area (Å²) in [6, 6.07) is 4.87. The molecule has 2 rings (SSSR count). The molecule has 1 heterocycles. The van der Waals surface area contributed by atoms with Crippen molar-refractivity contribution in [1.82, 2.24) is 4.90 Å². The minimum Gasteiger partial charge on any atom is -0.493 e. The summed E-state index contributed by atoms with van der Waals surface area (Å²) in [6.45, 7) is 8.91. The molecule has 1 aromatic carbocycles. The van der Waals surface area contributed by atoms with Gasteiger partial charge in [-0.25, -0.2) is 0 Å². The van der Waals surface area contributed by atoms with Crippen molar-refractivity contribution in [2.75, 3.05) is 26.7 Å². The summed E-state index contributed by atoms with van der Waals surface area (Å²) in [4.78, 5) is 2.41. The van der Waals surface area contributed by atoms with E-state index in [9.17, 15) is 0 Å². The normalized spacial score (nSPS) is 23.8. The predicted octanol–water partition coefficient (Wildman–Crippen LogP) is 2.65. The van der Waals surface area contributed by atoms with Gasteiger partial charge in [-0.2, -0.15) is 0 Å². The molecule has 1 aliphatic heterocycles. The molecule has 2 unspecified atom stereocenters. The van der Waals surface area contributed by atoms with Crippen LogP contribution in [-0.4, -0.2) is 31.6 Å². The Labute approximate surface area is 116 Å². The van der Waals surface area contributed by atoms with Crippen LogP contribution in [0.4, 0.5) is 0 Å². The highest BCUT2D eigenvalue weighted by Gasteiger charge is 2.32. The zero-order valence-electron chi connectivity index (χ0n) is 12.6. The highest BCUT2D eigenvalue weighted by molar-refractivity contribution is 5.47. The third kappa shape index (κ3) is 2.77. The average Bonchev–Trinajstić information content (AvgIpc) is 2.77. The van der Waals surface area contributed by atoms with E-state index in [2.05, 4.69) is 37.9 Å². The molecule has 0 radical (unpaired) electrons. The van der Waals surface area contributed by atoms with E-state index in [1.807, 2.05) is 6.92 Å². The summed E-state index contributed by atoms with van der Waals surface area (Å²) in [6.07, 6.45) is 1.13. The molecule has 2 atom stereocenters. The first-order chi connectivity index (χ1) is 9.08. The lowest BCUT2D eigenvalue weighted by Crippen LogP contribution is -2.21. The van der Waals surface area contributed by atoms with Crippen LogP contribution < -0.4 is 10.5 Å². The first kappa shape index (κ1) is 14.4. The van der Waals surface area contributed by atoms with Crippen molar-refractivity contribution in [2.24, 2.45) is 11.7 Å². The Morgan fingerprint density at radius 3 is 2.68 bits per heavy atom. The second-order valence-corrected chi connectivity index (χ2v) is 5.65. The highest BCUT2D eigenvalue weighted by Crippen LogP contribution is 2.40. The van der Waals surface area contributed by atoms with Gasteiger partial charge in [0.1, 0.15) is 5.75 Å². The molecule has 1 aromatic rings. The minimum absolute atomic E-state index is 0.439. The second-order valence-electron chi connectivity index (χ2n) is 5.65. The maximum Gasteiger partial charge on any atom is 0.127 e. The van der Waals surface area contributed by atoms with Crippen LogP contribution in [0.3, 0.4) is 0 Å². The lowest BCUT2D eigenvalue weighted by molar-refractivity contribution is 0.289. The van der Waals surface area contributed by atoms with Crippen LogP contribution in [0, 0.1) is 19.8 Å². The number of ether oxygens (including phenoxy) is 1. The summed E-state index contributed by atoms with van der Waals surface area (Å²) in [5.74, 6) is 1.68. The maximum atomic E-state index is 5.92. The molecule has 0 aliphatic carbocycles. The zero-order valence-corrected chi connectivity index (χ0v) is 12.6. The van der Waals surface area contributed by atoms with Crippen LogP contribution in [0.25, 0.3) is 0 Å². The van der Waals surface area contributed by atoms with Crippen molar-refractivity contribution in [3.05, 3.63) is 28.8 Å². The van der Waals surface area contributed by atoms with E-state index >= 15 is 0 Å². The number of nitrogens with zero attached hydrogens (tertiary/aromatic N) is 1. The monoisotopic (exact) mass is 262 g/mol. The number of hydrogen-bond acceptors (Lipinski definition) is 3. The number of aryl methyl sites for hydroxylation is 1. The Kier molecular flexibility index (Phi) is 4.48. The molecule has 3 heteroatoms. The zero-order chi connectivity index (χ0) is 14.0. The average molecular weight is 262 g/mol. The largest absolute Gasteiger partial charge is 0.493 e. The fraction of sp³-hybridized carbons (Fsp3) is 0.625. The van der Waals surface area contributed by atoms with E-state index in [4.69, 9.17) is 10.5 Å². The predicted molar refractivity (Wildman–Crippen MR) is 79.6 cm³/mol. The van der Waals surface area contributed by atoms with E-state index in [0.29, 0.717) is 18.6 Å². The standard InChI is InChI=1S/C16H26N2O/c1-5-19-16-12(3)11(2)6-7-14(16)15-8-13(9-17)10-18(15)4/h6-7,13,15H,5,8-10,17H2,1-4H3. The van der Waals surface area contributed by atoms with Gasteiger partial charge >= 0.3 is 0 Å². The molecule has 106 valence electrons. The van der Waals surface area contributed by atoms with Crippen LogP contribution in [0.1, 0.15) is 36.1 Å². The van der Waals surface area contributed by atoms with E-state index in [0.717, 1.165) is 25.3 Å². The Hall–Kier alpha value is -1.06. The highest BCUT2D eigenvalue weighted by atomic mass is 16.5. The van der Waals surface area contributed by atoms with Gasteiger partial charge in [-0.1, -0.05) is 12.1 Å². The van der Waals surface area contributed by atoms with Crippen molar-refractivity contribution in [3.63, 3.8) is 0 Å². The number of likely N-dealkylation sites (tertiary alicyclic amines) is 1. The number of hydrogen-bond donors (Lipinski definition) is 1. The lowest BCUT2D eigenvalue weighted by Gasteiger charge is -2.24. The second kappa shape index (κ2) is 5.93. The Morgan fingerprint density at radius 2 is 2.11 bits per heavy atom. The van der Waals surface area contributed by atoms with Gasteiger partial charge in [-0.3, -0.25) is 4.90 Å². The molecule has 1 aliphatic rings. The van der Waals surface area contributed by atoms with Gasteiger partial charge in [-0.05, 0) is 57.8 Å². The van der Waals surface area contributed by atoms with Crippen LogP contribution in [0.15, 0.2) is 12.1 Å². The van der Waals surface area contributed by atoms with Crippen LogP contribution in [0.5, 0.6) is 5.75 Å². The van der Waals surface area contributed by atoms with Crippen molar-refractivity contribution in [3.8, 4) is 5.75 Å². The lowest BCUT2D eigenvalue weighted by atomic mass is 9.95. The molecule has 0 saturated carbocycles. The first-order valence-electron chi connectivity index (χ1n) is 7.21. The van der Waals surface area contributed by atoms with Crippen molar-refractivity contribution in [1.29, 1.82) is 0 Å². The summed E-state index contributed by atoms with van der Waals surface area (Å²) in [5.41, 5.74) is 9.71. The molecule has 1 saturated heterocycles. The number of rotatable bonds is 4. The van der Waals surface area contributed by atoms with Gasteiger partial charge in [0.05, 0.1) is 6.61 Å². The van der Waals surface area contributed by atoms with Gasteiger partial charge in [-0.15, -0.1) is 0 Å². The van der Waals surface area contributed by atoms with Crippen molar-refractivity contribution < 1.29 is 4.74 Å². The van der Waals surface area contributed by atoms with Crippen LogP contribution >= 0.6 is 0 Å². The SMILES string of the molecule is CCOc1c(C2CC(CN)CN2C)ccc(C)c1C. The topological polar surface area (TPSA) is 38.5 Å². The third-order valence-corrected chi connectivity index (χ3v) is 4.32. The third-order valence-electron chi connectivity index (χ3n) is 4.32. The van der Waals surface area contributed by atoms with Gasteiger partial charge in [0.2, 0.25) is 0 Å². The molecule has 2 N–H and O–H groups in total. The first-order valence-corrected chi connectivity index (χ1v) is 7.21. The van der Waals surface area contributed by atoms with Gasteiger partial charge in [0.15, 0.2) is 0 Å². The maximum absolute atomic E-state index is 5.92. The van der Waals surface area contributed by atoms with E-state index in [1.165, 1.54) is 16.7 Å². The quantitative estimate of drug-likeness (QED) is 0.906. The summed E-state index contributed by atoms with van der Waals surface area (Å²) >= 11 is 0. The van der Waals surface area contributed by atoms with E-state index in [1.54, 1.807) is 0 Å². The van der Waals surface area contributed by atoms with E-state index < -0.39 is 0 Å². The Morgan fingerprint density at radius 1 is 1.37 bits per heavy atom. The molecule has 19 heavy (non-hydrogen) atoms. The van der Waals surface area contributed by atoms with Gasteiger partial charge in [0.25, 0.3) is 0 Å².